The summed E-state index contributed by atoms with van der Waals surface area (Å²) >= 11 is 1.43. The highest BCUT2D eigenvalue weighted by atomic mass is 32.2. The maximum Gasteiger partial charge on any atom is 0.230 e. The maximum atomic E-state index is 12.3. The van der Waals surface area contributed by atoms with Crippen LogP contribution in [0.1, 0.15) is 48.2 Å². The molecule has 1 N–H and O–H groups in total. The van der Waals surface area contributed by atoms with E-state index in [4.69, 9.17) is 0 Å². The number of carbonyl (C=O) groups excluding carboxylic acids is 1. The summed E-state index contributed by atoms with van der Waals surface area (Å²) < 4.78 is 2.03. The van der Waals surface area contributed by atoms with Gasteiger partial charge in [0.05, 0.1) is 11.8 Å². The lowest BCUT2D eigenvalue weighted by atomic mass is 10.1. The second-order valence-electron chi connectivity index (χ2n) is 7.25. The van der Waals surface area contributed by atoms with Gasteiger partial charge in [-0.15, -0.1) is 10.2 Å². The molecule has 1 fully saturated rings. The van der Waals surface area contributed by atoms with Crippen LogP contribution in [0, 0.1) is 0 Å². The molecule has 3 atom stereocenters. The van der Waals surface area contributed by atoms with E-state index in [-0.39, 0.29) is 11.9 Å². The van der Waals surface area contributed by atoms with Crippen LogP contribution in [-0.4, -0.2) is 26.4 Å². The van der Waals surface area contributed by atoms with Crippen LogP contribution in [0.2, 0.25) is 0 Å². The smallest absolute Gasteiger partial charge is 0.230 e. The highest BCUT2D eigenvalue weighted by Crippen LogP contribution is 2.54. The first-order valence-electron chi connectivity index (χ1n) is 9.55. The van der Waals surface area contributed by atoms with E-state index in [0.717, 1.165) is 23.0 Å². The molecule has 1 aliphatic carbocycles. The van der Waals surface area contributed by atoms with Gasteiger partial charge >= 0.3 is 0 Å². The first-order chi connectivity index (χ1) is 13.6. The van der Waals surface area contributed by atoms with Crippen LogP contribution in [0.3, 0.4) is 0 Å². The Morgan fingerprint density at radius 1 is 1.11 bits per heavy atom. The predicted octanol–water partition coefficient (Wildman–Crippen LogP) is 4.06. The molecular weight excluding hydrogens is 368 g/mol. The number of benzene rings is 2. The lowest BCUT2D eigenvalue weighted by molar-refractivity contribution is -0.119. The summed E-state index contributed by atoms with van der Waals surface area (Å²) in [5.41, 5.74) is 2.46. The van der Waals surface area contributed by atoms with Crippen LogP contribution < -0.4 is 5.32 Å². The summed E-state index contributed by atoms with van der Waals surface area (Å²) in [4.78, 5) is 12.3. The van der Waals surface area contributed by atoms with Gasteiger partial charge in [-0.05, 0) is 30.4 Å². The quantitative estimate of drug-likeness (QED) is 0.616. The van der Waals surface area contributed by atoms with E-state index < -0.39 is 0 Å². The molecule has 3 aromatic rings. The van der Waals surface area contributed by atoms with Crippen LogP contribution in [0.4, 0.5) is 0 Å². The number of nitrogens with zero attached hydrogens (tertiary/aromatic N) is 3. The summed E-state index contributed by atoms with van der Waals surface area (Å²) in [5, 5.41) is 12.5. The van der Waals surface area contributed by atoms with Crippen LogP contribution in [0.25, 0.3) is 0 Å². The van der Waals surface area contributed by atoms with E-state index >= 15 is 0 Å². The van der Waals surface area contributed by atoms with Crippen molar-refractivity contribution in [1.29, 1.82) is 0 Å². The summed E-state index contributed by atoms with van der Waals surface area (Å²) in [7, 11) is 1.99. The molecule has 5 nitrogen and oxygen atoms in total. The van der Waals surface area contributed by atoms with Gasteiger partial charge in [-0.2, -0.15) is 0 Å². The number of thioether (sulfide) groups is 1. The van der Waals surface area contributed by atoms with Crippen LogP contribution in [-0.2, 0) is 11.8 Å². The molecule has 28 heavy (non-hydrogen) atoms. The molecule has 1 saturated carbocycles. The molecule has 0 unspecified atom stereocenters. The van der Waals surface area contributed by atoms with Crippen molar-refractivity contribution in [2.75, 3.05) is 5.75 Å². The minimum absolute atomic E-state index is 0.000475. The molecule has 0 aliphatic heterocycles. The first kappa shape index (κ1) is 18.7. The van der Waals surface area contributed by atoms with Crippen molar-refractivity contribution in [3.8, 4) is 0 Å². The van der Waals surface area contributed by atoms with Crippen molar-refractivity contribution in [1.82, 2.24) is 20.1 Å². The van der Waals surface area contributed by atoms with E-state index in [9.17, 15) is 4.79 Å². The van der Waals surface area contributed by atoms with Crippen molar-refractivity contribution >= 4 is 17.7 Å². The summed E-state index contributed by atoms with van der Waals surface area (Å²) in [5.74, 6) is 2.28. The number of hydrogen-bond acceptors (Lipinski definition) is 4. The third-order valence-corrected chi connectivity index (χ3v) is 6.25. The van der Waals surface area contributed by atoms with Gasteiger partial charge in [-0.1, -0.05) is 72.4 Å². The molecule has 1 aromatic heterocycles. The average molecular weight is 393 g/mol. The Balaban J connectivity index is 1.32. The summed E-state index contributed by atoms with van der Waals surface area (Å²) in [6.07, 6.45) is 1.11. The van der Waals surface area contributed by atoms with Gasteiger partial charge in [-0.25, -0.2) is 0 Å². The molecular formula is C22H24N4OS. The first-order valence-corrected chi connectivity index (χ1v) is 10.5. The highest BCUT2D eigenvalue weighted by Gasteiger charge is 2.42. The largest absolute Gasteiger partial charge is 0.349 e. The second-order valence-corrected chi connectivity index (χ2v) is 8.19. The van der Waals surface area contributed by atoms with Gasteiger partial charge in [0.25, 0.3) is 0 Å². The zero-order chi connectivity index (χ0) is 19.5. The molecule has 0 spiro atoms. The SMILES string of the molecule is C[C@H](NC(=O)CSc1nnc([C@@H]2C[C@H]2c2ccccc2)n1C)c1ccccc1. The molecule has 1 heterocycles. The maximum absolute atomic E-state index is 12.3. The Morgan fingerprint density at radius 3 is 2.50 bits per heavy atom. The minimum Gasteiger partial charge on any atom is -0.349 e. The van der Waals surface area contributed by atoms with Crippen molar-refractivity contribution in [3.05, 3.63) is 77.6 Å². The zero-order valence-corrected chi connectivity index (χ0v) is 16.9. The number of rotatable bonds is 7. The fourth-order valence-electron chi connectivity index (χ4n) is 3.56. The number of nitrogens with one attached hydrogen (secondary N) is 1. The van der Waals surface area contributed by atoms with Gasteiger partial charge in [0.15, 0.2) is 5.16 Å². The van der Waals surface area contributed by atoms with Gasteiger partial charge < -0.3 is 9.88 Å². The van der Waals surface area contributed by atoms with E-state index in [2.05, 4.69) is 39.8 Å². The van der Waals surface area contributed by atoms with Crippen molar-refractivity contribution in [2.45, 2.75) is 36.4 Å². The molecule has 1 aliphatic rings. The number of aromatic nitrogens is 3. The molecule has 6 heteroatoms. The Hall–Kier alpha value is -2.60. The summed E-state index contributed by atoms with van der Waals surface area (Å²) in [6, 6.07) is 20.5. The van der Waals surface area contributed by atoms with Crippen molar-refractivity contribution < 1.29 is 4.79 Å². The molecule has 0 radical (unpaired) electrons. The van der Waals surface area contributed by atoms with E-state index in [0.29, 0.717) is 17.6 Å². The standard InChI is InChI=1S/C22H24N4OS/c1-15(16-9-5-3-6-10-16)23-20(27)14-28-22-25-24-21(26(22)2)19-13-18(19)17-11-7-4-8-12-17/h3-12,15,18-19H,13-14H2,1-2H3,(H,23,27)/t15-,18-,19+/m0/s1. The molecule has 144 valence electrons. The lowest BCUT2D eigenvalue weighted by Gasteiger charge is -2.14. The van der Waals surface area contributed by atoms with Gasteiger partial charge in [0, 0.05) is 13.0 Å². The summed E-state index contributed by atoms with van der Waals surface area (Å²) in [6.45, 7) is 2.00. The fraction of sp³-hybridized carbons (Fsp3) is 0.318. The third-order valence-electron chi connectivity index (χ3n) is 5.23. The topological polar surface area (TPSA) is 59.8 Å². The number of hydrogen-bond donors (Lipinski definition) is 1. The Morgan fingerprint density at radius 2 is 1.79 bits per heavy atom. The van der Waals surface area contributed by atoms with E-state index in [1.807, 2.05) is 54.9 Å². The third kappa shape index (κ3) is 4.12. The van der Waals surface area contributed by atoms with Gasteiger partial charge in [0.1, 0.15) is 5.82 Å². The number of carbonyl (C=O) groups is 1. The van der Waals surface area contributed by atoms with Gasteiger partial charge in [-0.3, -0.25) is 4.79 Å². The molecule has 0 bridgehead atoms. The molecule has 0 saturated heterocycles. The highest BCUT2D eigenvalue weighted by molar-refractivity contribution is 7.99. The van der Waals surface area contributed by atoms with Crippen molar-refractivity contribution in [3.63, 3.8) is 0 Å². The van der Waals surface area contributed by atoms with E-state index in [1.165, 1.54) is 17.3 Å². The number of amides is 1. The van der Waals surface area contributed by atoms with Crippen molar-refractivity contribution in [2.24, 2.45) is 7.05 Å². The predicted molar refractivity (Wildman–Crippen MR) is 111 cm³/mol. The lowest BCUT2D eigenvalue weighted by Crippen LogP contribution is -2.28. The monoisotopic (exact) mass is 392 g/mol. The minimum atomic E-state index is -0.0116. The van der Waals surface area contributed by atoms with Crippen LogP contribution in [0.15, 0.2) is 65.8 Å². The average Bonchev–Trinajstić information content (AvgIpc) is 3.44. The molecule has 4 rings (SSSR count). The molecule has 1 amide bonds. The Labute approximate surface area is 169 Å². The van der Waals surface area contributed by atoms with E-state index in [1.54, 1.807) is 0 Å². The van der Waals surface area contributed by atoms with Crippen LogP contribution in [0.5, 0.6) is 0 Å². The Kier molecular flexibility index (Phi) is 5.48. The van der Waals surface area contributed by atoms with Crippen LogP contribution >= 0.6 is 11.8 Å². The normalized spacial score (nSPS) is 19.2. The molecule has 2 aromatic carbocycles. The zero-order valence-electron chi connectivity index (χ0n) is 16.1. The second kappa shape index (κ2) is 8.19. The fourth-order valence-corrected chi connectivity index (χ4v) is 4.29. The van der Waals surface area contributed by atoms with Gasteiger partial charge in [0.2, 0.25) is 5.91 Å². The Bertz CT molecular complexity index is 942.